The van der Waals surface area contributed by atoms with Crippen LogP contribution in [0.1, 0.15) is 18.1 Å². The van der Waals surface area contributed by atoms with E-state index in [2.05, 4.69) is 145 Å². The molecule has 0 saturated carbocycles. The predicted molar refractivity (Wildman–Crippen MR) is 191 cm³/mol. The quantitative estimate of drug-likeness (QED) is 0.191. The van der Waals surface area contributed by atoms with Crippen molar-refractivity contribution in [3.8, 4) is 16.8 Å². The number of hydrogen-bond acceptors (Lipinski definition) is 1. The van der Waals surface area contributed by atoms with E-state index in [1.54, 1.807) is 6.20 Å². The van der Waals surface area contributed by atoms with Gasteiger partial charge in [-0.1, -0.05) is 116 Å². The van der Waals surface area contributed by atoms with E-state index < -0.39 is 0 Å². The van der Waals surface area contributed by atoms with E-state index in [4.69, 9.17) is 5.73 Å². The SMILES string of the molecule is C=C/C(=C\C)c1ccc2c(ccc3c4ccc(-c5ccc6cc(C/C=C\C=C/N)ccc6c5)cc4n(-c4ccccc4)c23)c1. The van der Waals surface area contributed by atoms with E-state index in [0.29, 0.717) is 0 Å². The molecule has 0 saturated heterocycles. The minimum Gasteiger partial charge on any atom is -0.405 e. The van der Waals surface area contributed by atoms with Gasteiger partial charge in [0.05, 0.1) is 11.0 Å². The summed E-state index contributed by atoms with van der Waals surface area (Å²) in [4.78, 5) is 0. The Morgan fingerprint density at radius 3 is 2.25 bits per heavy atom. The van der Waals surface area contributed by atoms with Gasteiger partial charge in [-0.2, -0.15) is 0 Å². The lowest BCUT2D eigenvalue weighted by molar-refractivity contribution is 1.19. The highest BCUT2D eigenvalue weighted by atomic mass is 15.0. The molecule has 7 aromatic rings. The van der Waals surface area contributed by atoms with Crippen LogP contribution in [0, 0.1) is 0 Å². The van der Waals surface area contributed by atoms with Crippen LogP contribution in [0.25, 0.3) is 65.7 Å². The van der Waals surface area contributed by atoms with Crippen molar-refractivity contribution in [2.75, 3.05) is 0 Å². The van der Waals surface area contributed by atoms with E-state index >= 15 is 0 Å². The summed E-state index contributed by atoms with van der Waals surface area (Å²) in [5.74, 6) is 0. The molecule has 0 aliphatic heterocycles. The van der Waals surface area contributed by atoms with Crippen molar-refractivity contribution < 1.29 is 0 Å². The molecule has 0 unspecified atom stereocenters. The van der Waals surface area contributed by atoms with Crippen molar-refractivity contribution >= 4 is 48.9 Å². The third-order valence-corrected chi connectivity index (χ3v) is 8.57. The van der Waals surface area contributed by atoms with E-state index in [0.717, 1.165) is 17.7 Å². The van der Waals surface area contributed by atoms with Gasteiger partial charge in [-0.25, -0.2) is 0 Å². The van der Waals surface area contributed by atoms with E-state index in [-0.39, 0.29) is 0 Å². The molecule has 212 valence electrons. The number of aromatic nitrogens is 1. The number of hydrogen-bond donors (Lipinski definition) is 1. The molecule has 0 radical (unpaired) electrons. The lowest BCUT2D eigenvalue weighted by Gasteiger charge is -2.12. The second-order valence-electron chi connectivity index (χ2n) is 11.2. The molecule has 0 spiro atoms. The number of benzene rings is 6. The normalized spacial score (nSPS) is 12.4. The minimum absolute atomic E-state index is 0.878. The first kappa shape index (κ1) is 27.2. The van der Waals surface area contributed by atoms with Crippen LogP contribution in [-0.4, -0.2) is 4.57 Å². The van der Waals surface area contributed by atoms with E-state index in [9.17, 15) is 0 Å². The Kier molecular flexibility index (Phi) is 7.17. The molecule has 6 aromatic carbocycles. The summed E-state index contributed by atoms with van der Waals surface area (Å²) in [5, 5.41) is 7.45. The standard InChI is InChI=1S/C42H34N2/c1-3-30(4-2)32-18-21-38-36(27-32)20-23-40-39-22-19-35(28-41(39)44(42(38)40)37-12-8-5-9-13-37)34-17-16-31-25-29(11-7-6-10-24-43)14-15-33(31)26-34/h3-10,12-28H,1,11,43H2,2H3/b7-6-,24-10-,30-4+. The smallest absolute Gasteiger partial charge is 0.0619 e. The van der Waals surface area contributed by atoms with Crippen LogP contribution in [-0.2, 0) is 6.42 Å². The highest BCUT2D eigenvalue weighted by molar-refractivity contribution is 6.19. The van der Waals surface area contributed by atoms with E-state index in [1.165, 1.54) is 65.6 Å². The lowest BCUT2D eigenvalue weighted by atomic mass is 9.98. The van der Waals surface area contributed by atoms with Crippen molar-refractivity contribution in [3.63, 3.8) is 0 Å². The monoisotopic (exact) mass is 566 g/mol. The number of nitrogens with zero attached hydrogens (tertiary/aromatic N) is 1. The maximum Gasteiger partial charge on any atom is 0.0619 e. The lowest BCUT2D eigenvalue weighted by Crippen LogP contribution is -1.94. The second kappa shape index (κ2) is 11.6. The van der Waals surface area contributed by atoms with Gasteiger partial charge in [0.15, 0.2) is 0 Å². The predicted octanol–water partition coefficient (Wildman–Crippen LogP) is 10.9. The molecule has 7 rings (SSSR count). The van der Waals surface area contributed by atoms with Gasteiger partial charge in [-0.15, -0.1) is 0 Å². The van der Waals surface area contributed by atoms with Crippen LogP contribution in [0.15, 0.2) is 158 Å². The largest absolute Gasteiger partial charge is 0.405 e. The Bertz CT molecular complexity index is 2280. The first-order chi connectivity index (χ1) is 21.7. The van der Waals surface area contributed by atoms with Crippen LogP contribution in [0.5, 0.6) is 0 Å². The molecule has 2 nitrogen and oxygen atoms in total. The highest BCUT2D eigenvalue weighted by Gasteiger charge is 2.16. The molecule has 1 aromatic heterocycles. The van der Waals surface area contributed by atoms with Gasteiger partial charge >= 0.3 is 0 Å². The number of allylic oxidation sites excluding steroid dienone is 6. The molecule has 0 fully saturated rings. The average Bonchev–Trinajstić information content (AvgIpc) is 3.41. The fourth-order valence-corrected chi connectivity index (χ4v) is 6.39. The number of nitrogens with two attached hydrogens (primary N) is 1. The molecule has 2 N–H and O–H groups in total. The first-order valence-electron chi connectivity index (χ1n) is 15.1. The Labute approximate surface area is 258 Å². The molecular formula is C42H34N2. The number of rotatable bonds is 7. The maximum atomic E-state index is 5.44. The van der Waals surface area contributed by atoms with Gasteiger partial charge in [0.2, 0.25) is 0 Å². The van der Waals surface area contributed by atoms with Crippen molar-refractivity contribution in [2.45, 2.75) is 13.3 Å². The molecular weight excluding hydrogens is 532 g/mol. The third-order valence-electron chi connectivity index (χ3n) is 8.57. The summed E-state index contributed by atoms with van der Waals surface area (Å²) in [5.41, 5.74) is 15.1. The molecule has 0 aliphatic carbocycles. The zero-order valence-electron chi connectivity index (χ0n) is 24.9. The second-order valence-corrected chi connectivity index (χ2v) is 11.2. The first-order valence-corrected chi connectivity index (χ1v) is 15.1. The molecule has 44 heavy (non-hydrogen) atoms. The Morgan fingerprint density at radius 2 is 1.43 bits per heavy atom. The summed E-state index contributed by atoms with van der Waals surface area (Å²) in [7, 11) is 0. The summed E-state index contributed by atoms with van der Waals surface area (Å²) in [6.07, 6.45) is 12.4. The fourth-order valence-electron chi connectivity index (χ4n) is 6.39. The summed E-state index contributed by atoms with van der Waals surface area (Å²) in [6, 6.07) is 42.4. The highest BCUT2D eigenvalue weighted by Crippen LogP contribution is 2.39. The van der Waals surface area contributed by atoms with Gasteiger partial charge in [0.1, 0.15) is 0 Å². The molecule has 0 atom stereocenters. The molecule has 0 bridgehead atoms. The summed E-state index contributed by atoms with van der Waals surface area (Å²) < 4.78 is 2.43. The van der Waals surface area contributed by atoms with Gasteiger partial charge in [0, 0.05) is 21.8 Å². The van der Waals surface area contributed by atoms with Crippen molar-refractivity contribution in [3.05, 3.63) is 170 Å². The number of fused-ring (bicyclic) bond motifs is 6. The van der Waals surface area contributed by atoms with Crippen molar-refractivity contribution in [1.29, 1.82) is 0 Å². The Morgan fingerprint density at radius 1 is 0.705 bits per heavy atom. The topological polar surface area (TPSA) is 30.9 Å². The van der Waals surface area contributed by atoms with E-state index in [1.807, 2.05) is 18.2 Å². The van der Waals surface area contributed by atoms with Crippen LogP contribution in [0.3, 0.4) is 0 Å². The van der Waals surface area contributed by atoms with Crippen molar-refractivity contribution in [1.82, 2.24) is 4.57 Å². The Balaban J connectivity index is 1.39. The van der Waals surface area contributed by atoms with Crippen LogP contribution in [0.4, 0.5) is 0 Å². The molecule has 1 heterocycles. The van der Waals surface area contributed by atoms with Crippen LogP contribution < -0.4 is 5.73 Å². The maximum absolute atomic E-state index is 5.44. The summed E-state index contributed by atoms with van der Waals surface area (Å²) >= 11 is 0. The van der Waals surface area contributed by atoms with Crippen molar-refractivity contribution in [2.24, 2.45) is 5.73 Å². The average molecular weight is 567 g/mol. The third kappa shape index (κ3) is 4.81. The molecule has 2 heteroatoms. The molecule has 0 aliphatic rings. The van der Waals surface area contributed by atoms with Gasteiger partial charge in [0.25, 0.3) is 0 Å². The zero-order valence-corrected chi connectivity index (χ0v) is 24.9. The van der Waals surface area contributed by atoms with Gasteiger partial charge in [-0.3, -0.25) is 0 Å². The summed E-state index contributed by atoms with van der Waals surface area (Å²) in [6.45, 7) is 6.07. The Hall–Kier alpha value is -5.60. The van der Waals surface area contributed by atoms with Crippen LogP contribution in [0.2, 0.25) is 0 Å². The van der Waals surface area contributed by atoms with Gasteiger partial charge in [-0.05, 0) is 99.9 Å². The van der Waals surface area contributed by atoms with Crippen LogP contribution >= 0.6 is 0 Å². The molecule has 0 amide bonds. The number of para-hydroxylation sites is 1. The minimum atomic E-state index is 0.878. The fraction of sp³-hybridized carbons (Fsp3) is 0.0476. The van der Waals surface area contributed by atoms with Gasteiger partial charge < -0.3 is 10.3 Å². The zero-order chi connectivity index (χ0) is 30.0.